The molecule has 0 spiro atoms. The third-order valence-corrected chi connectivity index (χ3v) is 3.37. The van der Waals surface area contributed by atoms with E-state index in [4.69, 9.17) is 15.3 Å². The summed E-state index contributed by atoms with van der Waals surface area (Å²) in [5, 5.41) is 23.1. The number of rotatable bonds is 6. The summed E-state index contributed by atoms with van der Waals surface area (Å²) in [5.41, 5.74) is 0.797. The standard InChI is InChI=1S/C15H21N3O3/c16-15(18-12-2-1-8-17-10-12)11-3-5-13(6-4-11)21-9-7-14(19)20/h3-6,12,17H,1-2,7-10H2,(H2,16,18)(H,19,20)/t12-/m1/s1. The molecule has 0 radical (unpaired) electrons. The normalized spacial score (nSPS) is 18.0. The topological polar surface area (TPSA) is 94.4 Å². The summed E-state index contributed by atoms with van der Waals surface area (Å²) >= 11 is 0. The third kappa shape index (κ3) is 5.07. The second-order valence-electron chi connectivity index (χ2n) is 5.08. The van der Waals surface area contributed by atoms with E-state index < -0.39 is 5.97 Å². The van der Waals surface area contributed by atoms with E-state index in [1.165, 1.54) is 0 Å². The summed E-state index contributed by atoms with van der Waals surface area (Å²) in [6.45, 7) is 2.09. The Morgan fingerprint density at radius 1 is 1.43 bits per heavy atom. The van der Waals surface area contributed by atoms with Crippen LogP contribution in [0.5, 0.6) is 5.75 Å². The lowest BCUT2D eigenvalue weighted by Gasteiger charge is -2.25. The van der Waals surface area contributed by atoms with Crippen LogP contribution in [-0.2, 0) is 4.79 Å². The van der Waals surface area contributed by atoms with Crippen LogP contribution in [0.3, 0.4) is 0 Å². The van der Waals surface area contributed by atoms with Crippen molar-refractivity contribution in [1.29, 1.82) is 5.41 Å². The molecule has 1 aliphatic heterocycles. The van der Waals surface area contributed by atoms with Gasteiger partial charge in [0.05, 0.1) is 13.0 Å². The van der Waals surface area contributed by atoms with Crippen LogP contribution in [0, 0.1) is 5.41 Å². The number of nitrogens with one attached hydrogen (secondary N) is 3. The first-order chi connectivity index (χ1) is 10.1. The minimum Gasteiger partial charge on any atom is -0.493 e. The summed E-state index contributed by atoms with van der Waals surface area (Å²) in [7, 11) is 0. The molecule has 2 rings (SSSR count). The molecule has 4 N–H and O–H groups in total. The lowest BCUT2D eigenvalue weighted by atomic mass is 10.1. The van der Waals surface area contributed by atoms with Crippen molar-refractivity contribution < 1.29 is 14.6 Å². The lowest BCUT2D eigenvalue weighted by Crippen LogP contribution is -2.45. The Kier molecular flexibility index (Phi) is 5.57. The SMILES string of the molecule is N=C(N[C@@H]1CCCNC1)c1ccc(OCCC(=O)O)cc1. The van der Waals surface area contributed by atoms with Gasteiger partial charge in [0, 0.05) is 18.2 Å². The van der Waals surface area contributed by atoms with Gasteiger partial charge in [0.2, 0.25) is 0 Å². The number of aliphatic carboxylic acids is 1. The fourth-order valence-corrected chi connectivity index (χ4v) is 2.24. The molecule has 0 bridgehead atoms. The maximum Gasteiger partial charge on any atom is 0.306 e. The maximum atomic E-state index is 10.4. The molecule has 0 saturated carbocycles. The monoisotopic (exact) mass is 291 g/mol. The van der Waals surface area contributed by atoms with Gasteiger partial charge in [-0.2, -0.15) is 0 Å². The van der Waals surface area contributed by atoms with Gasteiger partial charge in [0.1, 0.15) is 11.6 Å². The van der Waals surface area contributed by atoms with E-state index in [9.17, 15) is 4.79 Å². The number of amidine groups is 1. The number of carboxylic acids is 1. The summed E-state index contributed by atoms with van der Waals surface area (Å²) in [4.78, 5) is 10.4. The molecule has 21 heavy (non-hydrogen) atoms. The van der Waals surface area contributed by atoms with Crippen LogP contribution in [0.2, 0.25) is 0 Å². The Hall–Kier alpha value is -2.08. The van der Waals surface area contributed by atoms with Gasteiger partial charge in [-0.15, -0.1) is 0 Å². The second kappa shape index (κ2) is 7.64. The minimum atomic E-state index is -0.876. The van der Waals surface area contributed by atoms with Gasteiger partial charge in [-0.25, -0.2) is 0 Å². The number of hydrogen-bond acceptors (Lipinski definition) is 4. The number of piperidine rings is 1. The number of benzene rings is 1. The largest absolute Gasteiger partial charge is 0.493 e. The second-order valence-corrected chi connectivity index (χ2v) is 5.08. The van der Waals surface area contributed by atoms with E-state index in [0.717, 1.165) is 31.5 Å². The maximum absolute atomic E-state index is 10.4. The smallest absolute Gasteiger partial charge is 0.306 e. The molecular weight excluding hydrogens is 270 g/mol. The Balaban J connectivity index is 1.82. The molecule has 114 valence electrons. The predicted octanol–water partition coefficient (Wildman–Crippen LogP) is 1.21. The predicted molar refractivity (Wildman–Crippen MR) is 80.0 cm³/mol. The molecule has 0 aliphatic carbocycles. The first kappa shape index (κ1) is 15.3. The molecule has 1 aromatic rings. The van der Waals surface area contributed by atoms with Crippen molar-refractivity contribution in [3.63, 3.8) is 0 Å². The van der Waals surface area contributed by atoms with Crippen molar-refractivity contribution in [3.8, 4) is 5.75 Å². The average molecular weight is 291 g/mol. The van der Waals surface area contributed by atoms with Crippen LogP contribution in [0.15, 0.2) is 24.3 Å². The van der Waals surface area contributed by atoms with Crippen molar-refractivity contribution in [2.24, 2.45) is 0 Å². The van der Waals surface area contributed by atoms with E-state index in [-0.39, 0.29) is 13.0 Å². The lowest BCUT2D eigenvalue weighted by molar-refractivity contribution is -0.137. The fraction of sp³-hybridized carbons (Fsp3) is 0.467. The summed E-state index contributed by atoms with van der Waals surface area (Å²) in [5.74, 6) is 0.145. The van der Waals surface area contributed by atoms with Crippen LogP contribution in [0.1, 0.15) is 24.8 Å². The minimum absolute atomic E-state index is 0.0200. The van der Waals surface area contributed by atoms with Crippen LogP contribution >= 0.6 is 0 Å². The van der Waals surface area contributed by atoms with E-state index in [1.807, 2.05) is 12.1 Å². The fourth-order valence-electron chi connectivity index (χ4n) is 2.24. The van der Waals surface area contributed by atoms with Crippen LogP contribution in [0.25, 0.3) is 0 Å². The van der Waals surface area contributed by atoms with Crippen LogP contribution in [-0.4, -0.2) is 42.6 Å². The van der Waals surface area contributed by atoms with Gasteiger partial charge in [0.25, 0.3) is 0 Å². The van der Waals surface area contributed by atoms with Gasteiger partial charge in [-0.1, -0.05) is 0 Å². The quantitative estimate of drug-likeness (QED) is 0.467. The van der Waals surface area contributed by atoms with Gasteiger partial charge < -0.3 is 20.5 Å². The molecule has 6 nitrogen and oxygen atoms in total. The zero-order valence-corrected chi connectivity index (χ0v) is 11.9. The number of carboxylic acid groups (broad SMARTS) is 1. The molecule has 1 heterocycles. The van der Waals surface area contributed by atoms with Gasteiger partial charge >= 0.3 is 5.97 Å². The molecule has 1 aliphatic rings. The van der Waals surface area contributed by atoms with Crippen LogP contribution < -0.4 is 15.4 Å². The molecule has 0 unspecified atom stereocenters. The molecule has 1 saturated heterocycles. The van der Waals surface area contributed by atoms with Gasteiger partial charge in [-0.05, 0) is 43.7 Å². The zero-order valence-electron chi connectivity index (χ0n) is 11.9. The van der Waals surface area contributed by atoms with Crippen molar-refractivity contribution in [3.05, 3.63) is 29.8 Å². The van der Waals surface area contributed by atoms with Gasteiger partial charge in [0.15, 0.2) is 0 Å². The number of hydrogen-bond donors (Lipinski definition) is 4. The Labute approximate surface area is 124 Å². The van der Waals surface area contributed by atoms with Crippen molar-refractivity contribution in [1.82, 2.24) is 10.6 Å². The van der Waals surface area contributed by atoms with E-state index in [0.29, 0.717) is 17.6 Å². The van der Waals surface area contributed by atoms with E-state index >= 15 is 0 Å². The molecule has 1 atom stereocenters. The molecular formula is C15H21N3O3. The Morgan fingerprint density at radius 2 is 2.19 bits per heavy atom. The van der Waals surface area contributed by atoms with Crippen molar-refractivity contribution >= 4 is 11.8 Å². The van der Waals surface area contributed by atoms with E-state index in [1.54, 1.807) is 12.1 Å². The number of carbonyl (C=O) groups is 1. The van der Waals surface area contributed by atoms with Crippen molar-refractivity contribution in [2.45, 2.75) is 25.3 Å². The van der Waals surface area contributed by atoms with Gasteiger partial charge in [-0.3, -0.25) is 10.2 Å². The Bertz CT molecular complexity index is 481. The first-order valence-corrected chi connectivity index (χ1v) is 7.16. The Morgan fingerprint density at radius 3 is 2.81 bits per heavy atom. The third-order valence-electron chi connectivity index (χ3n) is 3.37. The zero-order chi connectivity index (χ0) is 15.1. The molecule has 6 heteroatoms. The van der Waals surface area contributed by atoms with Crippen LogP contribution in [0.4, 0.5) is 0 Å². The molecule has 1 fully saturated rings. The highest BCUT2D eigenvalue weighted by atomic mass is 16.5. The highest BCUT2D eigenvalue weighted by molar-refractivity contribution is 5.96. The highest BCUT2D eigenvalue weighted by Gasteiger charge is 2.14. The summed E-state index contributed by atoms with van der Waals surface area (Å²) in [6.07, 6.45) is 2.18. The highest BCUT2D eigenvalue weighted by Crippen LogP contribution is 2.13. The van der Waals surface area contributed by atoms with E-state index in [2.05, 4.69) is 10.6 Å². The summed E-state index contributed by atoms with van der Waals surface area (Å²) < 4.78 is 5.32. The number of ether oxygens (including phenoxy) is 1. The first-order valence-electron chi connectivity index (χ1n) is 7.16. The molecule has 0 amide bonds. The molecule has 0 aromatic heterocycles. The average Bonchev–Trinajstić information content (AvgIpc) is 2.48. The molecule has 1 aromatic carbocycles. The van der Waals surface area contributed by atoms with Crippen molar-refractivity contribution in [2.75, 3.05) is 19.7 Å². The summed E-state index contributed by atoms with van der Waals surface area (Å²) in [6, 6.07) is 7.43.